The van der Waals surface area contributed by atoms with Gasteiger partial charge in [-0.1, -0.05) is 30.7 Å². The maximum absolute atomic E-state index is 12.9. The number of ether oxygens (including phenoxy) is 3. The van der Waals surface area contributed by atoms with Crippen molar-refractivity contribution in [3.8, 4) is 5.75 Å². The number of imidazole rings is 1. The van der Waals surface area contributed by atoms with Crippen LogP contribution >= 0.6 is 0 Å². The van der Waals surface area contributed by atoms with Crippen molar-refractivity contribution in [3.63, 3.8) is 0 Å². The summed E-state index contributed by atoms with van der Waals surface area (Å²) in [4.78, 5) is 13.2. The van der Waals surface area contributed by atoms with Crippen LogP contribution in [0, 0.1) is 6.92 Å². The van der Waals surface area contributed by atoms with E-state index in [1.165, 1.54) is 19.3 Å². The van der Waals surface area contributed by atoms with E-state index in [1.807, 2.05) is 37.3 Å². The summed E-state index contributed by atoms with van der Waals surface area (Å²) >= 11 is 0. The van der Waals surface area contributed by atoms with Crippen molar-refractivity contribution in [2.75, 3.05) is 13.2 Å². The number of para-hydroxylation sites is 2. The van der Waals surface area contributed by atoms with E-state index in [4.69, 9.17) is 14.2 Å². The molecular weight excluding hydrogens is 449 g/mol. The summed E-state index contributed by atoms with van der Waals surface area (Å²) in [5.41, 5.74) is 3.14. The molecule has 1 saturated carbocycles. The summed E-state index contributed by atoms with van der Waals surface area (Å²) < 4.78 is 31.2. The largest absolute Gasteiger partial charge is 1.00 e. The molecule has 2 fully saturated rings. The first-order valence-electron chi connectivity index (χ1n) is 11.3. The summed E-state index contributed by atoms with van der Waals surface area (Å²) in [5.74, 6) is 0.661. The molecule has 0 radical (unpaired) electrons. The Labute approximate surface area is 218 Å². The van der Waals surface area contributed by atoms with E-state index in [-0.39, 0.29) is 47.2 Å². The van der Waals surface area contributed by atoms with Gasteiger partial charge in [-0.05, 0) is 36.9 Å². The van der Waals surface area contributed by atoms with Crippen LogP contribution in [0.5, 0.6) is 5.75 Å². The van der Waals surface area contributed by atoms with Crippen molar-refractivity contribution in [1.29, 1.82) is 0 Å². The first-order chi connectivity index (χ1) is 15.6. The van der Waals surface area contributed by atoms with Gasteiger partial charge >= 0.3 is 29.6 Å². The first kappa shape index (κ1) is 24.8. The predicted molar refractivity (Wildman–Crippen MR) is 121 cm³/mol. The Balaban J connectivity index is 0.00000259. The van der Waals surface area contributed by atoms with E-state index in [2.05, 4.69) is 15.0 Å². The van der Waals surface area contributed by atoms with Crippen molar-refractivity contribution in [2.24, 2.45) is 0 Å². The molecule has 7 nitrogen and oxygen atoms in total. The number of pyridine rings is 1. The Bertz CT molecular complexity index is 1080. The van der Waals surface area contributed by atoms with Gasteiger partial charge in [-0.25, -0.2) is 0 Å². The van der Waals surface area contributed by atoms with Crippen LogP contribution in [-0.4, -0.2) is 39.3 Å². The first-order valence-corrected chi connectivity index (χ1v) is 12.6. The molecule has 1 aromatic carbocycles. The molecule has 3 aromatic rings. The van der Waals surface area contributed by atoms with E-state index < -0.39 is 10.8 Å². The van der Waals surface area contributed by atoms with Crippen LogP contribution in [0.3, 0.4) is 0 Å². The number of aromatic nitrogens is 3. The minimum atomic E-state index is -1.38. The van der Waals surface area contributed by atoms with Gasteiger partial charge in [0.15, 0.2) is 5.79 Å². The molecule has 3 heterocycles. The van der Waals surface area contributed by atoms with Gasteiger partial charge in [-0.2, -0.15) is 0 Å². The van der Waals surface area contributed by atoms with Crippen LogP contribution in [-0.2, 0) is 26.0 Å². The molecule has 5 rings (SSSR count). The Morgan fingerprint density at radius 3 is 2.85 bits per heavy atom. The third-order valence-corrected chi connectivity index (χ3v) is 7.40. The van der Waals surface area contributed by atoms with Gasteiger partial charge in [0.25, 0.3) is 0 Å². The number of hydrogen-bond donors (Lipinski definition) is 0. The van der Waals surface area contributed by atoms with Crippen molar-refractivity contribution in [2.45, 2.75) is 68.2 Å². The summed E-state index contributed by atoms with van der Waals surface area (Å²) in [6.07, 6.45) is 8.16. The Morgan fingerprint density at radius 2 is 2.03 bits per heavy atom. The number of hydrogen-bond acceptors (Lipinski definition) is 6. The van der Waals surface area contributed by atoms with Crippen LogP contribution < -0.4 is 39.3 Å². The number of rotatable bonds is 7. The van der Waals surface area contributed by atoms with Gasteiger partial charge in [0, 0.05) is 36.2 Å². The van der Waals surface area contributed by atoms with Crippen LogP contribution in [0.1, 0.15) is 49.8 Å². The van der Waals surface area contributed by atoms with Gasteiger partial charge in [0.2, 0.25) is 0 Å². The second kappa shape index (κ2) is 11.0. The van der Waals surface area contributed by atoms with Crippen LogP contribution in [0.25, 0.3) is 11.0 Å². The summed E-state index contributed by atoms with van der Waals surface area (Å²) in [5, 5.41) is 0.341. The molecule has 33 heavy (non-hydrogen) atoms. The molecule has 2 unspecified atom stereocenters. The Hall–Kier alpha value is -1.29. The summed E-state index contributed by atoms with van der Waals surface area (Å²) in [6, 6.07) is 9.39. The number of fused-ring (bicyclic) bond motifs is 1. The Kier molecular flexibility index (Phi) is 8.25. The summed E-state index contributed by atoms with van der Waals surface area (Å²) in [6.45, 7) is 3.12. The average Bonchev–Trinajstić information content (AvgIpc) is 3.41. The smallest absolute Gasteiger partial charge is 0.493 e. The molecule has 1 aliphatic heterocycles. The standard InChI is InChI=1S/C24H28N3O4S.Na/c1-17-21(16-32(28)23-26-19-7-3-4-8-20(19)27-23)25-13-9-22(17)29-14-10-18-15-30-24(31-18)11-5-2-6-12-24;/h3-4,7-9,13,18H,2,5-6,10-12,14-16H2,1H3;/q-1;+1. The molecule has 1 spiro atoms. The zero-order chi connectivity index (χ0) is 22.0. The third-order valence-electron chi connectivity index (χ3n) is 6.27. The summed E-state index contributed by atoms with van der Waals surface area (Å²) in [7, 11) is -1.38. The van der Waals surface area contributed by atoms with E-state index in [0.717, 1.165) is 47.3 Å². The molecule has 0 amide bonds. The van der Waals surface area contributed by atoms with Gasteiger partial charge in [0.1, 0.15) is 5.75 Å². The van der Waals surface area contributed by atoms with E-state index in [9.17, 15) is 4.21 Å². The Morgan fingerprint density at radius 1 is 1.21 bits per heavy atom. The fraction of sp³-hybridized carbons (Fsp3) is 0.500. The molecule has 9 heteroatoms. The molecule has 0 bridgehead atoms. The molecule has 2 aromatic heterocycles. The van der Waals surface area contributed by atoms with E-state index in [0.29, 0.717) is 18.4 Å². The second-order valence-electron chi connectivity index (χ2n) is 8.52. The van der Waals surface area contributed by atoms with Crippen molar-refractivity contribution < 1.29 is 48.0 Å². The van der Waals surface area contributed by atoms with Gasteiger partial charge in [-0.3, -0.25) is 9.19 Å². The number of nitrogens with zero attached hydrogens (tertiary/aromatic N) is 3. The van der Waals surface area contributed by atoms with Gasteiger partial charge < -0.3 is 24.2 Å². The SMILES string of the molecule is Cc1c(OCCC2COC3(CCCCC3)O2)ccnc1CS(=O)c1nc2ccccc2[n-]1.[Na+]. The molecule has 1 saturated heterocycles. The normalized spacial score (nSPS) is 20.6. The van der Waals surface area contributed by atoms with E-state index in [1.54, 1.807) is 6.20 Å². The third kappa shape index (κ3) is 5.69. The topological polar surface area (TPSA) is 84.6 Å². The quantitative estimate of drug-likeness (QED) is 0.471. The zero-order valence-electron chi connectivity index (χ0n) is 19.3. The van der Waals surface area contributed by atoms with Crippen molar-refractivity contribution >= 4 is 21.8 Å². The van der Waals surface area contributed by atoms with Gasteiger partial charge in [0.05, 0.1) is 41.6 Å². The molecule has 170 valence electrons. The minimum absolute atomic E-state index is 0. The molecule has 0 N–H and O–H groups in total. The molecule has 2 aliphatic rings. The zero-order valence-corrected chi connectivity index (χ0v) is 22.1. The minimum Gasteiger partial charge on any atom is -0.493 e. The fourth-order valence-electron chi connectivity index (χ4n) is 4.45. The maximum Gasteiger partial charge on any atom is 1.00 e. The van der Waals surface area contributed by atoms with Gasteiger partial charge in [-0.15, -0.1) is 0 Å². The molecular formula is C24H28N3NaO4S. The predicted octanol–water partition coefficient (Wildman–Crippen LogP) is 1.05. The maximum atomic E-state index is 12.9. The van der Waals surface area contributed by atoms with Crippen LogP contribution in [0.4, 0.5) is 0 Å². The van der Waals surface area contributed by atoms with Crippen molar-refractivity contribution in [1.82, 2.24) is 15.0 Å². The molecule has 2 atom stereocenters. The fourth-order valence-corrected chi connectivity index (χ4v) is 5.52. The molecule has 1 aliphatic carbocycles. The van der Waals surface area contributed by atoms with Crippen molar-refractivity contribution in [3.05, 3.63) is 47.8 Å². The average molecular weight is 478 g/mol. The second-order valence-corrected chi connectivity index (χ2v) is 9.87. The van der Waals surface area contributed by atoms with Crippen LogP contribution in [0.2, 0.25) is 0 Å². The number of benzene rings is 1. The van der Waals surface area contributed by atoms with Crippen LogP contribution in [0.15, 0.2) is 41.7 Å². The van der Waals surface area contributed by atoms with E-state index >= 15 is 0 Å². The monoisotopic (exact) mass is 477 g/mol.